The van der Waals surface area contributed by atoms with Crippen LogP contribution in [0.2, 0.25) is 0 Å². The number of aromatic nitrogens is 3. The molecule has 3 aromatic rings. The van der Waals surface area contributed by atoms with Crippen LogP contribution >= 0.6 is 0 Å². The number of ether oxygens (including phenoxy) is 1. The minimum Gasteiger partial charge on any atom is -0.372 e. The van der Waals surface area contributed by atoms with Crippen LogP contribution in [0.1, 0.15) is 43.1 Å². The highest BCUT2D eigenvalue weighted by Gasteiger charge is 2.36. The Morgan fingerprint density at radius 2 is 1.80 bits per heavy atom. The first-order valence-corrected chi connectivity index (χ1v) is 14.5. The van der Waals surface area contributed by atoms with E-state index in [1.165, 1.54) is 24.5 Å². The van der Waals surface area contributed by atoms with Gasteiger partial charge in [0.1, 0.15) is 5.82 Å². The molecule has 0 aliphatic carbocycles. The highest BCUT2D eigenvalue weighted by molar-refractivity contribution is 6.07. The molecule has 2 aliphatic rings. The van der Waals surface area contributed by atoms with Gasteiger partial charge in [0.25, 0.3) is 5.91 Å². The molecule has 2 aliphatic heterocycles. The predicted molar refractivity (Wildman–Crippen MR) is 159 cm³/mol. The van der Waals surface area contributed by atoms with Gasteiger partial charge in [-0.1, -0.05) is 6.92 Å². The molecule has 0 spiro atoms. The smallest absolute Gasteiger partial charge is 0.372 e. The van der Waals surface area contributed by atoms with E-state index in [0.29, 0.717) is 49.4 Å². The average molecular weight is 618 g/mol. The fourth-order valence-corrected chi connectivity index (χ4v) is 5.77. The number of nitrogens with zero attached hydrogens (tertiary/aromatic N) is 5. The number of nitrogens with one attached hydrogen (secondary N) is 2. The van der Waals surface area contributed by atoms with E-state index < -0.39 is 34.6 Å². The van der Waals surface area contributed by atoms with Crippen LogP contribution in [0.25, 0.3) is 11.1 Å². The zero-order chi connectivity index (χ0) is 31.8. The normalized spacial score (nSPS) is 20.8. The molecule has 4 heterocycles. The van der Waals surface area contributed by atoms with Crippen molar-refractivity contribution in [1.29, 1.82) is 0 Å². The molecule has 2 aromatic heterocycles. The lowest BCUT2D eigenvalue weighted by atomic mass is 10.0. The minimum absolute atomic E-state index is 0.0132. The monoisotopic (exact) mass is 617 g/mol. The molecule has 5 rings (SSSR count). The zero-order valence-electron chi connectivity index (χ0n) is 24.9. The van der Waals surface area contributed by atoms with Crippen molar-refractivity contribution in [2.75, 3.05) is 54.9 Å². The molecule has 0 saturated carbocycles. The standard InChI is InChI=1S/C30H35F4N7O3/c1-5-39(4)20-6-7-40(16-20)26-10-24(31)21(19-11-36-29(37-12-19)41-14-17(2)44-18(3)15-41)8-25(26)38-28(43)22-13-35-27(42)9-23(22)30(32,33)34/h8-13,17-18,20H,5-7,14-16H2,1-4H3,(H,35,42)(H,38,43)/t17-,18+,20-/m0/s1. The van der Waals surface area contributed by atoms with Crippen LogP contribution in [0.3, 0.4) is 0 Å². The van der Waals surface area contributed by atoms with E-state index >= 15 is 4.39 Å². The van der Waals surface area contributed by atoms with Gasteiger partial charge in [0, 0.05) is 68.0 Å². The Balaban J connectivity index is 1.51. The lowest BCUT2D eigenvalue weighted by Gasteiger charge is -2.35. The van der Waals surface area contributed by atoms with E-state index in [1.807, 2.05) is 37.6 Å². The quantitative estimate of drug-likeness (QED) is 0.377. The molecule has 14 heteroatoms. The molecular weight excluding hydrogens is 582 g/mol. The third kappa shape index (κ3) is 6.70. The van der Waals surface area contributed by atoms with Gasteiger partial charge < -0.3 is 29.7 Å². The maximum absolute atomic E-state index is 15.8. The highest BCUT2D eigenvalue weighted by Crippen LogP contribution is 2.37. The van der Waals surface area contributed by atoms with Crippen LogP contribution in [0, 0.1) is 5.82 Å². The first kappa shape index (κ1) is 31.4. The van der Waals surface area contributed by atoms with E-state index in [4.69, 9.17) is 4.74 Å². The van der Waals surface area contributed by atoms with Crippen molar-refractivity contribution in [3.05, 3.63) is 64.1 Å². The van der Waals surface area contributed by atoms with Crippen LogP contribution in [0.4, 0.5) is 34.9 Å². The third-order valence-electron chi connectivity index (χ3n) is 8.09. The number of H-pyrrole nitrogens is 1. The number of benzene rings is 1. The van der Waals surface area contributed by atoms with Gasteiger partial charge in [-0.05, 0) is 46.0 Å². The molecule has 2 fully saturated rings. The van der Waals surface area contributed by atoms with Gasteiger partial charge in [-0.15, -0.1) is 0 Å². The van der Waals surface area contributed by atoms with Crippen molar-refractivity contribution in [2.45, 2.75) is 51.6 Å². The summed E-state index contributed by atoms with van der Waals surface area (Å²) in [4.78, 5) is 42.0. The lowest BCUT2D eigenvalue weighted by Crippen LogP contribution is -2.46. The number of likely N-dealkylation sites (N-methyl/N-ethyl adjacent to an activating group) is 1. The van der Waals surface area contributed by atoms with Gasteiger partial charge in [0.2, 0.25) is 11.5 Å². The minimum atomic E-state index is -4.94. The molecule has 236 valence electrons. The number of rotatable bonds is 7. The van der Waals surface area contributed by atoms with Crippen molar-refractivity contribution in [2.24, 2.45) is 0 Å². The molecule has 10 nitrogen and oxygen atoms in total. The first-order chi connectivity index (χ1) is 20.8. The van der Waals surface area contributed by atoms with Crippen LogP contribution in [0.5, 0.6) is 0 Å². The largest absolute Gasteiger partial charge is 0.417 e. The number of anilines is 3. The van der Waals surface area contributed by atoms with Crippen molar-refractivity contribution in [3.63, 3.8) is 0 Å². The van der Waals surface area contributed by atoms with Gasteiger partial charge in [-0.3, -0.25) is 9.59 Å². The number of hydrogen-bond donors (Lipinski definition) is 2. The molecule has 0 radical (unpaired) electrons. The Morgan fingerprint density at radius 3 is 2.43 bits per heavy atom. The van der Waals surface area contributed by atoms with Crippen molar-refractivity contribution < 1.29 is 27.1 Å². The average Bonchev–Trinajstić information content (AvgIpc) is 3.47. The fourth-order valence-electron chi connectivity index (χ4n) is 5.77. The molecule has 0 unspecified atom stereocenters. The van der Waals surface area contributed by atoms with E-state index in [-0.39, 0.29) is 29.5 Å². The number of morpholine rings is 1. The van der Waals surface area contributed by atoms with Crippen LogP contribution in [-0.2, 0) is 10.9 Å². The lowest BCUT2D eigenvalue weighted by molar-refractivity contribution is -0.138. The fraction of sp³-hybridized carbons (Fsp3) is 0.467. The Hall–Kier alpha value is -4.04. The maximum atomic E-state index is 15.8. The van der Waals surface area contributed by atoms with Crippen LogP contribution < -0.4 is 20.7 Å². The Bertz CT molecular complexity index is 1550. The van der Waals surface area contributed by atoms with Crippen molar-refractivity contribution >= 4 is 23.2 Å². The summed E-state index contributed by atoms with van der Waals surface area (Å²) < 4.78 is 62.7. The molecule has 0 bridgehead atoms. The molecule has 2 saturated heterocycles. The summed E-state index contributed by atoms with van der Waals surface area (Å²) in [6.07, 6.45) is -0.508. The summed E-state index contributed by atoms with van der Waals surface area (Å²) in [5.41, 5.74) is -2.29. The molecule has 1 amide bonds. The van der Waals surface area contributed by atoms with E-state index in [1.54, 1.807) is 0 Å². The second-order valence-electron chi connectivity index (χ2n) is 11.3. The van der Waals surface area contributed by atoms with Gasteiger partial charge in [0.15, 0.2) is 0 Å². The topological polar surface area (TPSA) is 107 Å². The molecule has 44 heavy (non-hydrogen) atoms. The van der Waals surface area contributed by atoms with Gasteiger partial charge in [-0.25, -0.2) is 14.4 Å². The predicted octanol–water partition coefficient (Wildman–Crippen LogP) is 4.39. The SMILES string of the molecule is CCN(C)[C@H]1CCN(c2cc(F)c(-c3cnc(N4C[C@@H](C)O[C@@H](C)C4)nc3)cc2NC(=O)c2c[nH]c(=O)cc2C(F)(F)F)C1. The molecule has 3 atom stereocenters. The zero-order valence-corrected chi connectivity index (χ0v) is 24.9. The summed E-state index contributed by atoms with van der Waals surface area (Å²) >= 11 is 0. The number of halogens is 4. The number of amides is 1. The third-order valence-corrected chi connectivity index (χ3v) is 8.09. The molecule has 1 aromatic carbocycles. The number of aromatic amines is 1. The van der Waals surface area contributed by atoms with Crippen LogP contribution in [-0.4, -0.2) is 83.8 Å². The van der Waals surface area contributed by atoms with E-state index in [2.05, 4.69) is 25.2 Å². The Kier molecular flexibility index (Phi) is 8.93. The summed E-state index contributed by atoms with van der Waals surface area (Å²) in [5.74, 6) is -1.24. The van der Waals surface area contributed by atoms with Crippen LogP contribution in [0.15, 0.2) is 41.6 Å². The molecule has 2 N–H and O–H groups in total. The summed E-state index contributed by atoms with van der Waals surface area (Å²) in [6, 6.07) is 3.17. The summed E-state index contributed by atoms with van der Waals surface area (Å²) in [5, 5.41) is 2.56. The number of hydrogen-bond acceptors (Lipinski definition) is 8. The summed E-state index contributed by atoms with van der Waals surface area (Å²) in [6.45, 7) is 9.02. The van der Waals surface area contributed by atoms with Gasteiger partial charge >= 0.3 is 6.18 Å². The molecular formula is C30H35F4N7O3. The van der Waals surface area contributed by atoms with Gasteiger partial charge in [0.05, 0.1) is 34.7 Å². The van der Waals surface area contributed by atoms with E-state index in [0.717, 1.165) is 19.2 Å². The number of carbonyl (C=O) groups is 1. The van der Waals surface area contributed by atoms with E-state index in [9.17, 15) is 22.8 Å². The van der Waals surface area contributed by atoms with Crippen molar-refractivity contribution in [3.8, 4) is 11.1 Å². The number of carbonyl (C=O) groups excluding carboxylic acids is 1. The second kappa shape index (κ2) is 12.5. The number of pyridine rings is 1. The second-order valence-corrected chi connectivity index (χ2v) is 11.3. The first-order valence-electron chi connectivity index (χ1n) is 14.5. The van der Waals surface area contributed by atoms with Gasteiger partial charge in [-0.2, -0.15) is 13.2 Å². The highest BCUT2D eigenvalue weighted by atomic mass is 19.4. The number of alkyl halides is 3. The summed E-state index contributed by atoms with van der Waals surface area (Å²) in [7, 11) is 1.98. The van der Waals surface area contributed by atoms with Crippen molar-refractivity contribution in [1.82, 2.24) is 19.9 Å². The Labute approximate surface area is 252 Å². The maximum Gasteiger partial charge on any atom is 0.417 e. The Morgan fingerprint density at radius 1 is 1.11 bits per heavy atom.